The van der Waals surface area contributed by atoms with Crippen molar-refractivity contribution in [2.75, 3.05) is 13.7 Å². The molecule has 4 rings (SSSR count). The molecular formula is C44H71NO10. The van der Waals surface area contributed by atoms with E-state index in [1.165, 1.54) is 4.90 Å². The fourth-order valence-electron chi connectivity index (χ4n) is 9.84. The molecule has 1 unspecified atom stereocenters. The zero-order valence-electron chi connectivity index (χ0n) is 35.1. The second-order valence-electron chi connectivity index (χ2n) is 18.0. The Bertz CT molecular complexity index is 1430. The quantitative estimate of drug-likeness (QED) is 0.166. The standard InChI is InChI=1S/C44H71NO10/c1-10-31-21-26(3)20-27(4)22-32(11-2)37-16-15-29(6)44(52,55-37)40(49)41(50)45-19-13-12-14-33(45)42(51)54-39(30(7)35(47)23-36(31)48)28(5)24-43(8)18-17-34(46)38(25-43)53-9/h21,24,27,29-35,37-39,46-47,52H,10-20,22-23,25H2,1-9H3/b26-21+,28-24+/t27-,29+,30+,31+,32-,33?,34+,35-,37-,38+,39+,43+,44+/m0/s1. The third kappa shape index (κ3) is 10.7. The zero-order valence-corrected chi connectivity index (χ0v) is 35.1. The van der Waals surface area contributed by atoms with Crippen molar-refractivity contribution in [3.8, 4) is 0 Å². The van der Waals surface area contributed by atoms with Gasteiger partial charge in [-0.1, -0.05) is 65.7 Å². The number of allylic oxidation sites excluding steroid dienone is 3. The minimum atomic E-state index is -2.32. The number of fused-ring (bicyclic) bond motifs is 3. The van der Waals surface area contributed by atoms with Gasteiger partial charge in [-0.2, -0.15) is 0 Å². The van der Waals surface area contributed by atoms with E-state index in [1.54, 1.807) is 21.0 Å². The highest BCUT2D eigenvalue weighted by atomic mass is 16.6. The molecule has 2 bridgehead atoms. The number of methoxy groups -OCH3 is 1. The van der Waals surface area contributed by atoms with Crippen molar-refractivity contribution in [3.05, 3.63) is 23.3 Å². The molecule has 4 aliphatic rings. The lowest BCUT2D eigenvalue weighted by atomic mass is 9.71. The summed E-state index contributed by atoms with van der Waals surface area (Å²) in [5.41, 5.74) is 1.34. The number of rotatable bonds is 5. The number of carbonyl (C=O) groups excluding carboxylic acids is 4. The lowest BCUT2D eigenvalue weighted by Crippen LogP contribution is -2.61. The highest BCUT2D eigenvalue weighted by Crippen LogP contribution is 2.42. The summed E-state index contributed by atoms with van der Waals surface area (Å²) in [5.74, 6) is -6.58. The van der Waals surface area contributed by atoms with Gasteiger partial charge >= 0.3 is 5.97 Å². The van der Waals surface area contributed by atoms with Gasteiger partial charge in [0.15, 0.2) is 0 Å². The SMILES string of the molecule is CC[C@H]1C[C@@H](C)C/C(C)=C/[C@@H](CC)C(=O)C[C@H](O)[C@@H](C)[C@@H](/C(C)=C/[C@@]2(C)CC[C@@H](O)[C@H](OC)C2)OC(=O)C2CCCCN2C(=O)C(=O)[C@]2(O)O[C@H]1CC[C@H]2C. The van der Waals surface area contributed by atoms with E-state index in [0.29, 0.717) is 56.9 Å². The van der Waals surface area contributed by atoms with Crippen molar-refractivity contribution in [2.45, 2.75) is 181 Å². The van der Waals surface area contributed by atoms with Crippen LogP contribution in [0.15, 0.2) is 23.3 Å². The van der Waals surface area contributed by atoms with Crippen LogP contribution in [0.5, 0.6) is 0 Å². The second kappa shape index (κ2) is 19.3. The molecule has 3 aliphatic heterocycles. The molecule has 1 saturated carbocycles. The number of esters is 1. The maximum absolute atomic E-state index is 14.3. The van der Waals surface area contributed by atoms with Gasteiger partial charge in [0.1, 0.15) is 17.9 Å². The van der Waals surface area contributed by atoms with Crippen LogP contribution in [0.3, 0.4) is 0 Å². The van der Waals surface area contributed by atoms with Crippen molar-refractivity contribution < 1.29 is 48.7 Å². The third-order valence-electron chi connectivity index (χ3n) is 13.4. The van der Waals surface area contributed by atoms with E-state index in [0.717, 1.165) is 24.8 Å². The molecule has 1 aliphatic carbocycles. The second-order valence-corrected chi connectivity index (χ2v) is 18.0. The van der Waals surface area contributed by atoms with Gasteiger partial charge in [-0.05, 0) is 107 Å². The monoisotopic (exact) mass is 774 g/mol. The molecule has 0 aromatic carbocycles. The van der Waals surface area contributed by atoms with Crippen LogP contribution < -0.4 is 0 Å². The average molecular weight is 774 g/mol. The number of ketones is 2. The van der Waals surface area contributed by atoms with E-state index in [1.807, 2.05) is 32.9 Å². The van der Waals surface area contributed by atoms with Crippen molar-refractivity contribution in [3.63, 3.8) is 0 Å². The molecule has 3 heterocycles. The summed E-state index contributed by atoms with van der Waals surface area (Å²) < 4.78 is 18.2. The number of piperidine rings is 1. The van der Waals surface area contributed by atoms with Crippen LogP contribution in [0.2, 0.25) is 0 Å². The minimum Gasteiger partial charge on any atom is -0.456 e. The van der Waals surface area contributed by atoms with E-state index < -0.39 is 71.2 Å². The molecule has 11 nitrogen and oxygen atoms in total. The van der Waals surface area contributed by atoms with Gasteiger partial charge < -0.3 is 34.4 Å². The fraction of sp³-hybridized carbons (Fsp3) is 0.818. The Morgan fingerprint density at radius 3 is 2.36 bits per heavy atom. The van der Waals surface area contributed by atoms with E-state index in [-0.39, 0.29) is 49.0 Å². The lowest BCUT2D eigenvalue weighted by Gasteiger charge is -2.44. The first-order chi connectivity index (χ1) is 25.9. The molecule has 11 heteroatoms. The van der Waals surface area contributed by atoms with Crippen LogP contribution in [0.1, 0.15) is 139 Å². The Morgan fingerprint density at radius 2 is 1.71 bits per heavy atom. The van der Waals surface area contributed by atoms with E-state index in [9.17, 15) is 34.5 Å². The number of ether oxygens (including phenoxy) is 3. The highest BCUT2D eigenvalue weighted by molar-refractivity contribution is 6.39. The minimum absolute atomic E-state index is 0.0336. The number of cyclic esters (lactones) is 1. The molecule has 0 aromatic heterocycles. The van der Waals surface area contributed by atoms with Crippen molar-refractivity contribution in [1.29, 1.82) is 0 Å². The molecule has 3 N–H and O–H groups in total. The number of Topliss-reactive ketones (excluding diaryl/α,β-unsaturated/α-hetero) is 2. The number of carbonyl (C=O) groups is 4. The molecule has 0 aromatic rings. The van der Waals surface area contributed by atoms with Crippen LogP contribution in [0, 0.1) is 35.0 Å². The van der Waals surface area contributed by atoms with E-state index in [4.69, 9.17) is 14.2 Å². The predicted octanol–water partition coefficient (Wildman–Crippen LogP) is 6.25. The molecule has 13 atom stereocenters. The Kier molecular flexibility index (Phi) is 15.9. The summed E-state index contributed by atoms with van der Waals surface area (Å²) in [6.07, 6.45) is 7.69. The van der Waals surface area contributed by atoms with Gasteiger partial charge in [-0.25, -0.2) is 4.79 Å². The summed E-state index contributed by atoms with van der Waals surface area (Å²) in [5, 5.41) is 34.1. The van der Waals surface area contributed by atoms with Crippen LogP contribution in [0.4, 0.5) is 0 Å². The van der Waals surface area contributed by atoms with Crippen LogP contribution in [-0.2, 0) is 33.4 Å². The topological polar surface area (TPSA) is 160 Å². The molecule has 55 heavy (non-hydrogen) atoms. The number of nitrogens with zero attached hydrogens (tertiary/aromatic N) is 1. The van der Waals surface area contributed by atoms with Gasteiger partial charge in [0, 0.05) is 37.8 Å². The maximum Gasteiger partial charge on any atom is 0.329 e. The summed E-state index contributed by atoms with van der Waals surface area (Å²) in [6, 6.07) is -1.08. The van der Waals surface area contributed by atoms with Gasteiger partial charge in [0.05, 0.1) is 24.4 Å². The van der Waals surface area contributed by atoms with Gasteiger partial charge in [0.2, 0.25) is 5.79 Å². The van der Waals surface area contributed by atoms with Crippen molar-refractivity contribution in [2.24, 2.45) is 35.0 Å². The molecule has 312 valence electrons. The van der Waals surface area contributed by atoms with Gasteiger partial charge in [0.25, 0.3) is 11.7 Å². The summed E-state index contributed by atoms with van der Waals surface area (Å²) >= 11 is 0. The summed E-state index contributed by atoms with van der Waals surface area (Å²) in [7, 11) is 1.58. The smallest absolute Gasteiger partial charge is 0.329 e. The number of hydrogen-bond donors (Lipinski definition) is 3. The Balaban J connectivity index is 1.76. The van der Waals surface area contributed by atoms with Crippen LogP contribution in [-0.4, -0.2) is 99.7 Å². The zero-order chi connectivity index (χ0) is 40.8. The largest absolute Gasteiger partial charge is 0.456 e. The van der Waals surface area contributed by atoms with Gasteiger partial charge in [-0.3, -0.25) is 14.4 Å². The molecule has 1 amide bonds. The van der Waals surface area contributed by atoms with E-state index >= 15 is 0 Å². The number of aliphatic hydroxyl groups excluding tert-OH is 2. The summed E-state index contributed by atoms with van der Waals surface area (Å²) in [4.78, 5) is 57.6. The molecule has 0 radical (unpaired) electrons. The Morgan fingerprint density at radius 1 is 1.00 bits per heavy atom. The van der Waals surface area contributed by atoms with E-state index in [2.05, 4.69) is 20.8 Å². The number of amides is 1. The Labute approximate surface area is 329 Å². The Hall–Kier alpha value is -2.44. The number of aliphatic hydroxyl groups is 3. The first-order valence-corrected chi connectivity index (χ1v) is 21.1. The van der Waals surface area contributed by atoms with Crippen LogP contribution in [0.25, 0.3) is 0 Å². The first kappa shape index (κ1) is 45.3. The van der Waals surface area contributed by atoms with Crippen molar-refractivity contribution >= 4 is 23.4 Å². The maximum atomic E-state index is 14.3. The highest BCUT2D eigenvalue weighted by Gasteiger charge is 2.53. The van der Waals surface area contributed by atoms with Gasteiger partial charge in [-0.15, -0.1) is 0 Å². The predicted molar refractivity (Wildman–Crippen MR) is 209 cm³/mol. The third-order valence-corrected chi connectivity index (χ3v) is 13.4. The molecule has 0 spiro atoms. The fourth-order valence-corrected chi connectivity index (χ4v) is 9.84. The normalized spacial score (nSPS) is 42.1. The molecule has 3 fully saturated rings. The number of hydrogen-bond acceptors (Lipinski definition) is 10. The lowest BCUT2D eigenvalue weighted by molar-refractivity contribution is -0.271. The van der Waals surface area contributed by atoms with Crippen molar-refractivity contribution in [1.82, 2.24) is 4.90 Å². The first-order valence-electron chi connectivity index (χ1n) is 21.1. The average Bonchev–Trinajstić information content (AvgIpc) is 3.15. The molecule has 2 saturated heterocycles. The van der Waals surface area contributed by atoms with Crippen LogP contribution >= 0.6 is 0 Å². The molecular weight excluding hydrogens is 702 g/mol. The summed E-state index contributed by atoms with van der Waals surface area (Å²) in [6.45, 7) is 15.8.